The van der Waals surface area contributed by atoms with Crippen molar-refractivity contribution in [1.29, 1.82) is 0 Å². The number of hydrogen-bond acceptors (Lipinski definition) is 1. The number of nitrogens with one attached hydrogen (secondary N) is 1. The molecule has 0 bridgehead atoms. The number of anilines is 1. The second-order valence-electron chi connectivity index (χ2n) is 5.95. The minimum absolute atomic E-state index is 0.105. The third kappa shape index (κ3) is 3.88. The Morgan fingerprint density at radius 1 is 1.00 bits per heavy atom. The van der Waals surface area contributed by atoms with Gasteiger partial charge < -0.3 is 11.1 Å². The molecule has 0 radical (unpaired) electrons. The first-order chi connectivity index (χ1) is 11.4. The van der Waals surface area contributed by atoms with E-state index in [1.54, 1.807) is 12.1 Å². The monoisotopic (exact) mass is 333 g/mol. The fourth-order valence-electron chi connectivity index (χ4n) is 2.81. The smallest absolute Gasteiger partial charge is 0.370 e. The van der Waals surface area contributed by atoms with Gasteiger partial charge in [-0.05, 0) is 48.6 Å². The summed E-state index contributed by atoms with van der Waals surface area (Å²) >= 11 is 0. The Labute approximate surface area is 138 Å². The van der Waals surface area contributed by atoms with Gasteiger partial charge in [0.1, 0.15) is 0 Å². The summed E-state index contributed by atoms with van der Waals surface area (Å²) in [6, 6.07) is 15.0. The number of aliphatic imine (C=N–C) groups is 1. The molecule has 3 nitrogen and oxygen atoms in total. The largest absolute Gasteiger partial charge is 0.416 e. The molecule has 0 amide bonds. The van der Waals surface area contributed by atoms with Crippen LogP contribution >= 0.6 is 0 Å². The number of hydrogen-bond donors (Lipinski definition) is 2. The van der Waals surface area contributed by atoms with Crippen molar-refractivity contribution in [3.8, 4) is 0 Å². The van der Waals surface area contributed by atoms with E-state index in [1.165, 1.54) is 0 Å². The van der Waals surface area contributed by atoms with Crippen LogP contribution in [0.5, 0.6) is 0 Å². The normalized spacial score (nSPS) is 21.2. The van der Waals surface area contributed by atoms with Crippen molar-refractivity contribution >= 4 is 11.6 Å². The van der Waals surface area contributed by atoms with Gasteiger partial charge in [-0.15, -0.1) is 0 Å². The number of benzene rings is 2. The first-order valence-electron chi connectivity index (χ1n) is 7.74. The average molecular weight is 333 g/mol. The summed E-state index contributed by atoms with van der Waals surface area (Å²) in [4.78, 5) is 4.41. The molecule has 3 N–H and O–H groups in total. The molecule has 2 aromatic rings. The fourth-order valence-corrected chi connectivity index (χ4v) is 2.81. The lowest BCUT2D eigenvalue weighted by Gasteiger charge is -2.33. The molecule has 0 aromatic heterocycles. The van der Waals surface area contributed by atoms with Gasteiger partial charge in [0.05, 0.1) is 11.6 Å². The Balaban J connectivity index is 1.54. The molecule has 0 heterocycles. The van der Waals surface area contributed by atoms with E-state index in [9.17, 15) is 13.2 Å². The molecule has 1 aliphatic rings. The SMILES string of the molecule is NC(=NC1CC(c2ccc(C(F)(F)F)cc2)C1)Nc1ccccc1. The predicted octanol–water partition coefficient (Wildman–Crippen LogP) is 4.38. The summed E-state index contributed by atoms with van der Waals surface area (Å²) in [7, 11) is 0. The van der Waals surface area contributed by atoms with Crippen LogP contribution in [-0.2, 0) is 6.18 Å². The number of alkyl halides is 3. The fraction of sp³-hybridized carbons (Fsp3) is 0.278. The van der Waals surface area contributed by atoms with Gasteiger partial charge in [-0.1, -0.05) is 30.3 Å². The highest BCUT2D eigenvalue weighted by molar-refractivity contribution is 5.92. The zero-order chi connectivity index (χ0) is 17.2. The third-order valence-electron chi connectivity index (χ3n) is 4.19. The molecule has 0 saturated heterocycles. The topological polar surface area (TPSA) is 50.4 Å². The molecule has 1 saturated carbocycles. The molecule has 6 heteroatoms. The van der Waals surface area contributed by atoms with Crippen molar-refractivity contribution in [3.63, 3.8) is 0 Å². The summed E-state index contributed by atoms with van der Waals surface area (Å²) in [5.41, 5.74) is 7.06. The van der Waals surface area contributed by atoms with Crippen LogP contribution in [0.15, 0.2) is 59.6 Å². The van der Waals surface area contributed by atoms with Crippen LogP contribution in [-0.4, -0.2) is 12.0 Å². The van der Waals surface area contributed by atoms with Crippen LogP contribution in [0.1, 0.15) is 29.9 Å². The van der Waals surface area contributed by atoms with Crippen molar-refractivity contribution in [2.45, 2.75) is 31.0 Å². The van der Waals surface area contributed by atoms with Crippen molar-refractivity contribution in [2.75, 3.05) is 5.32 Å². The van der Waals surface area contributed by atoms with Gasteiger partial charge in [-0.3, -0.25) is 0 Å². The zero-order valence-corrected chi connectivity index (χ0v) is 12.9. The highest BCUT2D eigenvalue weighted by atomic mass is 19.4. The van der Waals surface area contributed by atoms with Crippen molar-refractivity contribution < 1.29 is 13.2 Å². The highest BCUT2D eigenvalue weighted by Crippen LogP contribution is 2.39. The summed E-state index contributed by atoms with van der Waals surface area (Å²) in [5, 5.41) is 3.02. The Morgan fingerprint density at radius 2 is 1.62 bits per heavy atom. The van der Waals surface area contributed by atoms with Crippen LogP contribution in [0, 0.1) is 0 Å². The van der Waals surface area contributed by atoms with Crippen LogP contribution < -0.4 is 11.1 Å². The van der Waals surface area contributed by atoms with Crippen molar-refractivity contribution in [2.24, 2.45) is 10.7 Å². The van der Waals surface area contributed by atoms with Gasteiger partial charge in [0, 0.05) is 5.69 Å². The molecule has 24 heavy (non-hydrogen) atoms. The van der Waals surface area contributed by atoms with Crippen LogP contribution in [0.25, 0.3) is 0 Å². The van der Waals surface area contributed by atoms with Gasteiger partial charge in [0.15, 0.2) is 5.96 Å². The molecule has 2 aromatic carbocycles. The molecule has 0 unspecified atom stereocenters. The van der Waals surface area contributed by atoms with E-state index in [-0.39, 0.29) is 12.0 Å². The van der Waals surface area contributed by atoms with Crippen LogP contribution in [0.2, 0.25) is 0 Å². The number of halogens is 3. The van der Waals surface area contributed by atoms with Crippen molar-refractivity contribution in [1.82, 2.24) is 0 Å². The molecule has 1 fully saturated rings. The molecule has 0 aliphatic heterocycles. The van der Waals surface area contributed by atoms with E-state index in [1.807, 2.05) is 30.3 Å². The summed E-state index contributed by atoms with van der Waals surface area (Å²) in [6.07, 6.45) is -2.70. The van der Waals surface area contributed by atoms with E-state index in [4.69, 9.17) is 5.73 Å². The minimum Gasteiger partial charge on any atom is -0.370 e. The van der Waals surface area contributed by atoms with Gasteiger partial charge in [-0.2, -0.15) is 13.2 Å². The van der Waals surface area contributed by atoms with Gasteiger partial charge in [0.25, 0.3) is 0 Å². The van der Waals surface area contributed by atoms with E-state index < -0.39 is 11.7 Å². The Morgan fingerprint density at radius 3 is 2.21 bits per heavy atom. The highest BCUT2D eigenvalue weighted by Gasteiger charge is 2.33. The van der Waals surface area contributed by atoms with Gasteiger partial charge in [-0.25, -0.2) is 4.99 Å². The zero-order valence-electron chi connectivity index (χ0n) is 12.9. The maximum absolute atomic E-state index is 12.6. The lowest BCUT2D eigenvalue weighted by atomic mass is 9.76. The summed E-state index contributed by atoms with van der Waals surface area (Å²) in [6.45, 7) is 0. The Kier molecular flexibility index (Phi) is 4.46. The molecular weight excluding hydrogens is 315 g/mol. The number of guanidine groups is 1. The van der Waals surface area contributed by atoms with E-state index in [0.717, 1.165) is 36.2 Å². The molecular formula is C18H18F3N3. The van der Waals surface area contributed by atoms with Crippen LogP contribution in [0.4, 0.5) is 18.9 Å². The van der Waals surface area contributed by atoms with Gasteiger partial charge in [0.2, 0.25) is 0 Å². The first-order valence-corrected chi connectivity index (χ1v) is 7.74. The van der Waals surface area contributed by atoms with Gasteiger partial charge >= 0.3 is 6.18 Å². The molecule has 0 spiro atoms. The van der Waals surface area contributed by atoms with E-state index in [0.29, 0.717) is 5.96 Å². The number of nitrogens with zero attached hydrogens (tertiary/aromatic N) is 1. The van der Waals surface area contributed by atoms with E-state index >= 15 is 0 Å². The lowest BCUT2D eigenvalue weighted by Crippen LogP contribution is -2.31. The summed E-state index contributed by atoms with van der Waals surface area (Å²) < 4.78 is 37.7. The van der Waals surface area contributed by atoms with E-state index in [2.05, 4.69) is 10.3 Å². The third-order valence-corrected chi connectivity index (χ3v) is 4.19. The molecule has 3 rings (SSSR count). The number of para-hydroxylation sites is 1. The standard InChI is InChI=1S/C18H18F3N3/c19-18(20,21)14-8-6-12(7-9-14)13-10-16(11-13)24-17(22)23-15-4-2-1-3-5-15/h1-9,13,16H,10-11H2,(H3,22,23,24). The average Bonchev–Trinajstić information content (AvgIpc) is 2.51. The molecule has 0 atom stereocenters. The number of nitrogens with two attached hydrogens (primary N) is 1. The predicted molar refractivity (Wildman–Crippen MR) is 88.9 cm³/mol. The first kappa shape index (κ1) is 16.4. The second kappa shape index (κ2) is 6.55. The quantitative estimate of drug-likeness (QED) is 0.647. The van der Waals surface area contributed by atoms with Crippen LogP contribution in [0.3, 0.4) is 0 Å². The lowest BCUT2D eigenvalue weighted by molar-refractivity contribution is -0.137. The maximum atomic E-state index is 12.6. The molecule has 126 valence electrons. The number of rotatable bonds is 3. The van der Waals surface area contributed by atoms with Crippen molar-refractivity contribution in [3.05, 3.63) is 65.7 Å². The summed E-state index contributed by atoms with van der Waals surface area (Å²) in [5.74, 6) is 0.600. The second-order valence-corrected chi connectivity index (χ2v) is 5.95. The minimum atomic E-state index is -4.29. The Bertz CT molecular complexity index is 703. The molecule has 1 aliphatic carbocycles. The Hall–Kier alpha value is -2.50. The maximum Gasteiger partial charge on any atom is 0.416 e.